The summed E-state index contributed by atoms with van der Waals surface area (Å²) in [6.07, 6.45) is 0. The summed E-state index contributed by atoms with van der Waals surface area (Å²) in [5.74, 6) is 0. The molecule has 0 atom stereocenters. The van der Waals surface area contributed by atoms with E-state index in [1.54, 1.807) is 0 Å². The Balaban J connectivity index is 3.13. The average molecular weight is 272 g/mol. The van der Waals surface area contributed by atoms with Crippen LogP contribution in [0.3, 0.4) is 0 Å². The van der Waals surface area contributed by atoms with Crippen LogP contribution in [0.2, 0.25) is 0 Å². The number of hydrogen-bond acceptors (Lipinski definition) is 5. The predicted molar refractivity (Wildman–Crippen MR) is 63.9 cm³/mol. The van der Waals surface area contributed by atoms with Gasteiger partial charge in [-0.1, -0.05) is 17.2 Å². The second kappa shape index (κ2) is 6.34. The minimum Gasteiger partial charge on any atom is -0.395 e. The molecule has 1 aromatic rings. The third-order valence-electron chi connectivity index (χ3n) is 2.09. The van der Waals surface area contributed by atoms with E-state index in [2.05, 4.69) is 15.3 Å². The van der Waals surface area contributed by atoms with Crippen LogP contribution < -0.4 is 5.32 Å². The van der Waals surface area contributed by atoms with Gasteiger partial charge in [-0.25, -0.2) is 0 Å². The monoisotopic (exact) mass is 272 g/mol. The smallest absolute Gasteiger partial charge is 0.294 e. The molecule has 0 aliphatic rings. The van der Waals surface area contributed by atoms with Crippen molar-refractivity contribution in [2.24, 2.45) is 5.11 Å². The van der Waals surface area contributed by atoms with Gasteiger partial charge in [0.05, 0.1) is 11.5 Å². The van der Waals surface area contributed by atoms with Gasteiger partial charge >= 0.3 is 0 Å². The van der Waals surface area contributed by atoms with Crippen molar-refractivity contribution in [3.63, 3.8) is 0 Å². The zero-order valence-electron chi connectivity index (χ0n) is 9.31. The van der Waals surface area contributed by atoms with Crippen LogP contribution in [0.1, 0.15) is 5.56 Å². The largest absolute Gasteiger partial charge is 0.395 e. The molecule has 0 saturated carbocycles. The van der Waals surface area contributed by atoms with Crippen molar-refractivity contribution < 1.29 is 18.1 Å². The van der Waals surface area contributed by atoms with Gasteiger partial charge in [0.25, 0.3) is 10.1 Å². The molecule has 0 fully saturated rings. The molecule has 1 aromatic carbocycles. The molecule has 0 aromatic heterocycles. The minimum atomic E-state index is -4.40. The Labute approximate surface area is 104 Å². The van der Waals surface area contributed by atoms with Crippen LogP contribution >= 0.6 is 0 Å². The summed E-state index contributed by atoms with van der Waals surface area (Å²) >= 11 is 0. The number of nitrogens with zero attached hydrogens (tertiary/aromatic N) is 3. The first kappa shape index (κ1) is 14.4. The van der Waals surface area contributed by atoms with Crippen LogP contribution in [0.4, 0.5) is 5.69 Å². The second-order valence-corrected chi connectivity index (χ2v) is 4.75. The molecular formula is C9H12N4O4S. The number of aliphatic hydroxyl groups excluding tert-OH is 1. The molecule has 98 valence electrons. The molecule has 3 N–H and O–H groups in total. The fraction of sp³-hybridized carbons (Fsp3) is 0.333. The van der Waals surface area contributed by atoms with Gasteiger partial charge in [0.1, 0.15) is 0 Å². The summed E-state index contributed by atoms with van der Waals surface area (Å²) in [7, 11) is -4.40. The van der Waals surface area contributed by atoms with E-state index in [1.165, 1.54) is 12.1 Å². The number of nitrogens with one attached hydrogen (secondary N) is 1. The maximum atomic E-state index is 11.2. The lowest BCUT2D eigenvalue weighted by Crippen LogP contribution is -2.19. The van der Waals surface area contributed by atoms with Gasteiger partial charge in [0, 0.05) is 23.7 Å². The molecule has 0 unspecified atom stereocenters. The van der Waals surface area contributed by atoms with Gasteiger partial charge in [0.2, 0.25) is 0 Å². The zero-order valence-corrected chi connectivity index (χ0v) is 10.1. The number of azide groups is 1. The average Bonchev–Trinajstić information content (AvgIpc) is 2.30. The lowest BCUT2D eigenvalue weighted by molar-refractivity contribution is 0.292. The highest BCUT2D eigenvalue weighted by atomic mass is 32.2. The molecule has 0 bridgehead atoms. The quantitative estimate of drug-likeness (QED) is 0.233. The van der Waals surface area contributed by atoms with Gasteiger partial charge in [-0.2, -0.15) is 8.42 Å². The third kappa shape index (κ3) is 3.99. The summed E-state index contributed by atoms with van der Waals surface area (Å²) in [6.45, 7) is 0.368. The number of rotatable bonds is 6. The highest BCUT2D eigenvalue weighted by Gasteiger charge is 2.15. The lowest BCUT2D eigenvalue weighted by Gasteiger charge is -2.08. The summed E-state index contributed by atoms with van der Waals surface area (Å²) in [6, 6.07) is 3.95. The Hall–Kier alpha value is -1.64. The maximum Gasteiger partial charge on any atom is 0.294 e. The van der Waals surface area contributed by atoms with E-state index < -0.39 is 10.1 Å². The van der Waals surface area contributed by atoms with E-state index in [0.717, 1.165) is 6.07 Å². The molecule has 18 heavy (non-hydrogen) atoms. The van der Waals surface area contributed by atoms with Crippen molar-refractivity contribution in [3.8, 4) is 0 Å². The molecule has 0 saturated heterocycles. The normalized spacial score (nSPS) is 11.0. The van der Waals surface area contributed by atoms with Crippen molar-refractivity contribution in [1.82, 2.24) is 5.32 Å². The van der Waals surface area contributed by atoms with Crippen LogP contribution in [0.5, 0.6) is 0 Å². The van der Waals surface area contributed by atoms with E-state index in [9.17, 15) is 8.42 Å². The highest BCUT2D eigenvalue weighted by molar-refractivity contribution is 7.85. The second-order valence-electron chi connectivity index (χ2n) is 3.36. The molecule has 1 rings (SSSR count). The lowest BCUT2D eigenvalue weighted by atomic mass is 10.2. The number of aliphatic hydroxyl groups is 1. The molecule has 9 heteroatoms. The predicted octanol–water partition coefficient (Wildman–Crippen LogP) is 0.957. The third-order valence-corrected chi connectivity index (χ3v) is 3.03. The van der Waals surface area contributed by atoms with E-state index in [0.29, 0.717) is 12.1 Å². The fourth-order valence-electron chi connectivity index (χ4n) is 1.35. The number of benzene rings is 1. The summed E-state index contributed by atoms with van der Waals surface area (Å²) in [5, 5.41) is 14.7. The zero-order chi connectivity index (χ0) is 13.6. The standard InChI is InChI=1S/C9H12N4O4S/c10-13-12-8-2-1-7(6-11-3-4-14)9(5-8)18(15,16)17/h1-2,5,11,14H,3-4,6H2,(H,15,16,17). The molecule has 0 amide bonds. The number of hydrogen-bond donors (Lipinski definition) is 3. The van der Waals surface area contributed by atoms with Crippen LogP contribution in [0, 0.1) is 0 Å². The molecule has 0 aliphatic heterocycles. The molecular weight excluding hydrogens is 260 g/mol. The van der Waals surface area contributed by atoms with Gasteiger partial charge in [-0.05, 0) is 17.2 Å². The molecule has 8 nitrogen and oxygen atoms in total. The van der Waals surface area contributed by atoms with Crippen molar-refractivity contribution in [1.29, 1.82) is 0 Å². The van der Waals surface area contributed by atoms with Crippen LogP contribution in [-0.4, -0.2) is 31.2 Å². The SMILES string of the molecule is [N-]=[N+]=Nc1ccc(CNCCO)c(S(=O)(=O)O)c1. The van der Waals surface area contributed by atoms with Gasteiger partial charge < -0.3 is 10.4 Å². The first-order valence-electron chi connectivity index (χ1n) is 4.96. The maximum absolute atomic E-state index is 11.2. The Kier molecular flexibility index (Phi) is 5.08. The topological polar surface area (TPSA) is 135 Å². The van der Waals surface area contributed by atoms with Gasteiger partial charge in [-0.15, -0.1) is 0 Å². The van der Waals surface area contributed by atoms with Gasteiger partial charge in [-0.3, -0.25) is 4.55 Å². The van der Waals surface area contributed by atoms with E-state index in [1.807, 2.05) is 0 Å². The van der Waals surface area contributed by atoms with Crippen molar-refractivity contribution >= 4 is 15.8 Å². The fourth-order valence-corrected chi connectivity index (χ4v) is 2.09. The van der Waals surface area contributed by atoms with Gasteiger partial charge in [0.15, 0.2) is 0 Å². The first-order chi connectivity index (χ1) is 8.49. The van der Waals surface area contributed by atoms with Crippen molar-refractivity contribution in [3.05, 3.63) is 34.2 Å². The first-order valence-corrected chi connectivity index (χ1v) is 6.40. The Bertz CT molecular complexity index is 566. The Morgan fingerprint density at radius 3 is 2.72 bits per heavy atom. The molecule has 0 spiro atoms. The van der Waals surface area contributed by atoms with E-state index in [-0.39, 0.29) is 23.7 Å². The Morgan fingerprint density at radius 2 is 2.17 bits per heavy atom. The van der Waals surface area contributed by atoms with Crippen LogP contribution in [0.15, 0.2) is 28.2 Å². The van der Waals surface area contributed by atoms with E-state index >= 15 is 0 Å². The Morgan fingerprint density at radius 1 is 1.44 bits per heavy atom. The minimum absolute atomic E-state index is 0.0853. The summed E-state index contributed by atoms with van der Waals surface area (Å²) in [5.41, 5.74) is 8.68. The van der Waals surface area contributed by atoms with Crippen LogP contribution in [-0.2, 0) is 16.7 Å². The highest BCUT2D eigenvalue weighted by Crippen LogP contribution is 2.22. The van der Waals surface area contributed by atoms with Crippen molar-refractivity contribution in [2.75, 3.05) is 13.2 Å². The molecule has 0 aliphatic carbocycles. The van der Waals surface area contributed by atoms with Crippen molar-refractivity contribution in [2.45, 2.75) is 11.4 Å². The molecule has 0 radical (unpaired) electrons. The summed E-state index contributed by atoms with van der Waals surface area (Å²) in [4.78, 5) is 2.21. The summed E-state index contributed by atoms with van der Waals surface area (Å²) < 4.78 is 31.5. The van der Waals surface area contributed by atoms with Crippen LogP contribution in [0.25, 0.3) is 10.4 Å². The van der Waals surface area contributed by atoms with E-state index in [4.69, 9.17) is 15.2 Å². The molecule has 0 heterocycles.